The van der Waals surface area contributed by atoms with E-state index in [-0.39, 0.29) is 18.6 Å². The standard InChI is InChI=1S/C21H21N5O3/c1-12-18(20(28)23-2)19(13-7-9-14(10-8-13)29-11-17(22)27)26-16-6-4-3-5-15(16)25-21(26)24-12/h3-10,19H,11H2,1-2H3,(H2,22,27)(H,23,28)(H,24,25). The van der Waals surface area contributed by atoms with Gasteiger partial charge in [0.25, 0.3) is 11.8 Å². The number of nitrogens with one attached hydrogen (secondary N) is 2. The van der Waals surface area contributed by atoms with Gasteiger partial charge in [-0.25, -0.2) is 4.98 Å². The van der Waals surface area contributed by atoms with Crippen molar-refractivity contribution in [3.05, 3.63) is 65.4 Å². The fourth-order valence-electron chi connectivity index (χ4n) is 3.61. The summed E-state index contributed by atoms with van der Waals surface area (Å²) in [5.41, 5.74) is 9.13. The van der Waals surface area contributed by atoms with E-state index in [4.69, 9.17) is 10.5 Å². The Labute approximate surface area is 167 Å². The Bertz CT molecular complexity index is 1130. The Morgan fingerprint density at radius 2 is 1.93 bits per heavy atom. The maximum Gasteiger partial charge on any atom is 0.255 e. The van der Waals surface area contributed by atoms with Crippen molar-refractivity contribution in [1.29, 1.82) is 0 Å². The van der Waals surface area contributed by atoms with E-state index < -0.39 is 5.91 Å². The van der Waals surface area contributed by atoms with Gasteiger partial charge in [0.15, 0.2) is 6.61 Å². The summed E-state index contributed by atoms with van der Waals surface area (Å²) in [5.74, 6) is 0.495. The number of likely N-dealkylation sites (N-methyl/N-ethyl adjacent to an activating group) is 1. The zero-order valence-electron chi connectivity index (χ0n) is 16.1. The van der Waals surface area contributed by atoms with Crippen LogP contribution in [-0.4, -0.2) is 35.0 Å². The van der Waals surface area contributed by atoms with Crippen molar-refractivity contribution >= 4 is 28.8 Å². The molecule has 1 unspecified atom stereocenters. The highest BCUT2D eigenvalue weighted by molar-refractivity contribution is 5.97. The van der Waals surface area contributed by atoms with Gasteiger partial charge < -0.3 is 21.1 Å². The van der Waals surface area contributed by atoms with Gasteiger partial charge in [0, 0.05) is 12.7 Å². The summed E-state index contributed by atoms with van der Waals surface area (Å²) in [6.45, 7) is 1.68. The lowest BCUT2D eigenvalue weighted by Crippen LogP contribution is -2.33. The molecule has 2 aromatic carbocycles. The van der Waals surface area contributed by atoms with Crippen LogP contribution >= 0.6 is 0 Å². The summed E-state index contributed by atoms with van der Waals surface area (Å²) in [6.07, 6.45) is 0. The molecule has 8 nitrogen and oxygen atoms in total. The first-order chi connectivity index (χ1) is 14.0. The number of allylic oxidation sites excluding steroid dienone is 1. The van der Waals surface area contributed by atoms with Gasteiger partial charge in [0.05, 0.1) is 22.6 Å². The van der Waals surface area contributed by atoms with Crippen LogP contribution < -0.4 is 21.1 Å². The number of rotatable bonds is 5. The number of carbonyl (C=O) groups is 2. The summed E-state index contributed by atoms with van der Waals surface area (Å²) >= 11 is 0. The summed E-state index contributed by atoms with van der Waals surface area (Å²) in [6, 6.07) is 14.7. The van der Waals surface area contributed by atoms with Crippen molar-refractivity contribution in [3.63, 3.8) is 0 Å². The minimum Gasteiger partial charge on any atom is -0.484 e. The van der Waals surface area contributed by atoms with Gasteiger partial charge in [0.2, 0.25) is 5.95 Å². The quantitative estimate of drug-likeness (QED) is 0.615. The van der Waals surface area contributed by atoms with E-state index in [2.05, 4.69) is 15.6 Å². The van der Waals surface area contributed by atoms with Gasteiger partial charge >= 0.3 is 0 Å². The molecule has 148 valence electrons. The molecule has 0 saturated carbocycles. The summed E-state index contributed by atoms with van der Waals surface area (Å²) in [7, 11) is 1.61. The number of anilines is 1. The predicted molar refractivity (Wildman–Crippen MR) is 109 cm³/mol. The lowest BCUT2D eigenvalue weighted by molar-refractivity contribution is -0.120. The fourth-order valence-corrected chi connectivity index (χ4v) is 3.61. The topological polar surface area (TPSA) is 111 Å². The molecule has 0 saturated heterocycles. The molecule has 2 amide bonds. The maximum absolute atomic E-state index is 12.8. The van der Waals surface area contributed by atoms with Crippen LogP contribution in [0.2, 0.25) is 0 Å². The minimum atomic E-state index is -0.539. The molecule has 29 heavy (non-hydrogen) atoms. The first-order valence-corrected chi connectivity index (χ1v) is 9.17. The van der Waals surface area contributed by atoms with Crippen LogP contribution in [0.25, 0.3) is 11.0 Å². The van der Waals surface area contributed by atoms with Crippen LogP contribution in [0.5, 0.6) is 5.75 Å². The molecular weight excluding hydrogens is 370 g/mol. The second-order valence-electron chi connectivity index (χ2n) is 6.76. The average molecular weight is 391 g/mol. The molecule has 1 atom stereocenters. The van der Waals surface area contributed by atoms with Crippen LogP contribution in [0.1, 0.15) is 18.5 Å². The number of ether oxygens (including phenoxy) is 1. The number of hydrogen-bond donors (Lipinski definition) is 3. The van der Waals surface area contributed by atoms with Gasteiger partial charge in [0.1, 0.15) is 5.75 Å². The Kier molecular flexibility index (Phi) is 4.67. The fraction of sp³-hybridized carbons (Fsp3) is 0.190. The molecule has 0 radical (unpaired) electrons. The number of primary amides is 1. The molecule has 1 aromatic heterocycles. The van der Waals surface area contributed by atoms with Gasteiger partial charge in [-0.1, -0.05) is 24.3 Å². The zero-order valence-corrected chi connectivity index (χ0v) is 16.1. The molecule has 0 spiro atoms. The molecule has 8 heteroatoms. The normalized spacial score (nSPS) is 15.6. The first-order valence-electron chi connectivity index (χ1n) is 9.17. The van der Waals surface area contributed by atoms with E-state index in [1.54, 1.807) is 19.2 Å². The predicted octanol–water partition coefficient (Wildman–Crippen LogP) is 1.94. The second kappa shape index (κ2) is 7.31. The third-order valence-corrected chi connectivity index (χ3v) is 4.88. The van der Waals surface area contributed by atoms with Crippen LogP contribution in [0, 0.1) is 0 Å². The lowest BCUT2D eigenvalue weighted by atomic mass is 9.94. The van der Waals surface area contributed by atoms with E-state index in [1.165, 1.54) is 0 Å². The molecule has 3 aromatic rings. The van der Waals surface area contributed by atoms with E-state index >= 15 is 0 Å². The van der Waals surface area contributed by atoms with Crippen LogP contribution in [0.3, 0.4) is 0 Å². The van der Waals surface area contributed by atoms with Crippen LogP contribution in [0.15, 0.2) is 59.8 Å². The molecule has 4 N–H and O–H groups in total. The summed E-state index contributed by atoms with van der Waals surface area (Å²) < 4.78 is 7.37. The number of benzene rings is 2. The van der Waals surface area contributed by atoms with Crippen molar-refractivity contribution in [2.75, 3.05) is 19.0 Å². The third-order valence-electron chi connectivity index (χ3n) is 4.88. The van der Waals surface area contributed by atoms with Crippen molar-refractivity contribution in [3.8, 4) is 5.75 Å². The number of imidazole rings is 1. The number of aromatic nitrogens is 2. The van der Waals surface area contributed by atoms with Crippen molar-refractivity contribution in [2.45, 2.75) is 13.0 Å². The highest BCUT2D eigenvalue weighted by atomic mass is 16.5. The second-order valence-corrected chi connectivity index (χ2v) is 6.76. The van der Waals surface area contributed by atoms with Crippen molar-refractivity contribution < 1.29 is 14.3 Å². The summed E-state index contributed by atoms with van der Waals surface area (Å²) in [5, 5.41) is 5.99. The minimum absolute atomic E-state index is 0.169. The third kappa shape index (κ3) is 3.29. The van der Waals surface area contributed by atoms with Gasteiger partial charge in [-0.05, 0) is 36.8 Å². The number of para-hydroxylation sites is 2. The molecular formula is C21H21N5O3. The first kappa shape index (κ1) is 18.5. The highest BCUT2D eigenvalue weighted by Crippen LogP contribution is 2.39. The monoisotopic (exact) mass is 391 g/mol. The van der Waals surface area contributed by atoms with E-state index in [9.17, 15) is 9.59 Å². The van der Waals surface area contributed by atoms with Crippen molar-refractivity contribution in [2.24, 2.45) is 5.73 Å². The molecule has 1 aliphatic rings. The number of hydrogen-bond acceptors (Lipinski definition) is 5. The Hall–Kier alpha value is -3.81. The van der Waals surface area contributed by atoms with Gasteiger partial charge in [-0.15, -0.1) is 0 Å². The van der Waals surface area contributed by atoms with Gasteiger partial charge in [-0.3, -0.25) is 14.2 Å². The van der Waals surface area contributed by atoms with E-state index in [1.807, 2.05) is 47.9 Å². The molecule has 0 aliphatic carbocycles. The molecule has 2 heterocycles. The summed E-state index contributed by atoms with van der Waals surface area (Å²) in [4.78, 5) is 28.4. The van der Waals surface area contributed by atoms with Crippen LogP contribution in [-0.2, 0) is 9.59 Å². The number of nitrogens with zero attached hydrogens (tertiary/aromatic N) is 2. The number of nitrogens with two attached hydrogens (primary N) is 1. The Balaban J connectivity index is 1.84. The number of carbonyl (C=O) groups excluding carboxylic acids is 2. The van der Waals surface area contributed by atoms with Crippen LogP contribution in [0.4, 0.5) is 5.95 Å². The SMILES string of the molecule is CNC(=O)C1=C(C)Nc2nc3ccccc3n2C1c1ccc(OCC(N)=O)cc1. The van der Waals surface area contributed by atoms with Crippen molar-refractivity contribution in [1.82, 2.24) is 14.9 Å². The molecule has 4 rings (SSSR count). The molecule has 1 aliphatic heterocycles. The maximum atomic E-state index is 12.8. The highest BCUT2D eigenvalue weighted by Gasteiger charge is 2.33. The number of fused-ring (bicyclic) bond motifs is 3. The Morgan fingerprint density at radius 1 is 1.21 bits per heavy atom. The zero-order chi connectivity index (χ0) is 20.5. The Morgan fingerprint density at radius 3 is 2.62 bits per heavy atom. The van der Waals surface area contributed by atoms with Gasteiger partial charge in [-0.2, -0.15) is 0 Å². The molecule has 0 fully saturated rings. The molecule has 0 bridgehead atoms. The average Bonchev–Trinajstić information content (AvgIpc) is 3.09. The van der Waals surface area contributed by atoms with E-state index in [0.717, 1.165) is 22.3 Å². The smallest absolute Gasteiger partial charge is 0.255 e. The number of amides is 2. The lowest BCUT2D eigenvalue weighted by Gasteiger charge is -2.30. The largest absolute Gasteiger partial charge is 0.484 e. The van der Waals surface area contributed by atoms with E-state index in [0.29, 0.717) is 17.3 Å².